The van der Waals surface area contributed by atoms with E-state index in [1.165, 1.54) is 0 Å². The Morgan fingerprint density at radius 2 is 1.68 bits per heavy atom. The largest absolute Gasteiger partial charge is 0.480 e. The summed E-state index contributed by atoms with van der Waals surface area (Å²) in [7, 11) is 0. The monoisotopic (exact) mass is 515 g/mol. The standard InChI is InChI=1S/C27H37N3O7/c1-27(12-13-27)26(36)30-20(14-18-8-4-2-5-9-18)24(34)29-21(23(33)25(35)28-15-22(31)32)17-37-16-19-10-6-3-7-11-19/h3,6-7,10-11,18,20-21H,2,4-5,8-9,12-17H2,1H3,(H,28,35)(H,29,34)(H,30,36)(H,31,32)/t20-,21?/m1/s1. The van der Waals surface area contributed by atoms with Crippen LogP contribution in [-0.4, -0.2) is 59.8 Å². The summed E-state index contributed by atoms with van der Waals surface area (Å²) in [6.07, 6.45) is 7.20. The molecule has 0 saturated heterocycles. The van der Waals surface area contributed by atoms with Crippen LogP contribution in [0, 0.1) is 11.3 Å². The van der Waals surface area contributed by atoms with Gasteiger partial charge in [0.05, 0.1) is 13.2 Å². The van der Waals surface area contributed by atoms with Gasteiger partial charge >= 0.3 is 5.97 Å². The molecule has 0 aromatic heterocycles. The Bertz CT molecular complexity index is 971. The van der Waals surface area contributed by atoms with Gasteiger partial charge in [0.15, 0.2) is 0 Å². The lowest BCUT2D eigenvalue weighted by Crippen LogP contribution is -2.56. The van der Waals surface area contributed by atoms with Gasteiger partial charge in [-0.3, -0.25) is 24.0 Å². The molecule has 0 heterocycles. The number of ketones is 1. The third kappa shape index (κ3) is 8.96. The van der Waals surface area contributed by atoms with Crippen LogP contribution in [0.4, 0.5) is 0 Å². The van der Waals surface area contributed by atoms with Crippen LogP contribution in [0.1, 0.15) is 63.9 Å². The van der Waals surface area contributed by atoms with E-state index >= 15 is 0 Å². The first-order valence-electron chi connectivity index (χ1n) is 12.9. The molecule has 1 unspecified atom stereocenters. The van der Waals surface area contributed by atoms with Crippen LogP contribution in [0.25, 0.3) is 0 Å². The first kappa shape index (κ1) is 28.3. The van der Waals surface area contributed by atoms with E-state index in [0.29, 0.717) is 6.42 Å². The van der Waals surface area contributed by atoms with E-state index in [1.807, 2.05) is 42.6 Å². The van der Waals surface area contributed by atoms with Crippen LogP contribution in [0.2, 0.25) is 0 Å². The van der Waals surface area contributed by atoms with Crippen molar-refractivity contribution in [2.45, 2.75) is 77.0 Å². The lowest BCUT2D eigenvalue weighted by molar-refractivity contribution is -0.143. The average Bonchev–Trinajstić information content (AvgIpc) is 3.65. The molecule has 0 bridgehead atoms. The molecule has 10 nitrogen and oxygen atoms in total. The molecule has 2 atom stereocenters. The van der Waals surface area contributed by atoms with E-state index < -0.39 is 47.6 Å². The molecule has 0 radical (unpaired) electrons. The fourth-order valence-electron chi connectivity index (χ4n) is 4.46. The number of hydrogen-bond donors (Lipinski definition) is 4. The van der Waals surface area contributed by atoms with Crippen molar-refractivity contribution in [1.82, 2.24) is 16.0 Å². The Hall–Kier alpha value is -3.27. The highest BCUT2D eigenvalue weighted by molar-refractivity contribution is 6.38. The molecular formula is C27H37N3O7. The molecule has 3 amide bonds. The zero-order valence-corrected chi connectivity index (χ0v) is 21.3. The van der Waals surface area contributed by atoms with Crippen molar-refractivity contribution >= 4 is 29.5 Å². The molecule has 2 saturated carbocycles. The molecule has 10 heteroatoms. The summed E-state index contributed by atoms with van der Waals surface area (Å²) in [6.45, 7) is 0.989. The maximum atomic E-state index is 13.4. The highest BCUT2D eigenvalue weighted by Gasteiger charge is 2.46. The molecular weight excluding hydrogens is 478 g/mol. The zero-order chi connectivity index (χ0) is 26.8. The predicted octanol–water partition coefficient (Wildman–Crippen LogP) is 1.71. The summed E-state index contributed by atoms with van der Waals surface area (Å²) >= 11 is 0. The van der Waals surface area contributed by atoms with Crippen LogP contribution in [0.5, 0.6) is 0 Å². The van der Waals surface area contributed by atoms with Crippen LogP contribution in [0.3, 0.4) is 0 Å². The fourth-order valence-corrected chi connectivity index (χ4v) is 4.46. The van der Waals surface area contributed by atoms with Gasteiger partial charge in [0.2, 0.25) is 17.6 Å². The molecule has 1 aromatic rings. The van der Waals surface area contributed by atoms with Crippen molar-refractivity contribution in [2.24, 2.45) is 11.3 Å². The predicted molar refractivity (Wildman–Crippen MR) is 134 cm³/mol. The molecule has 0 spiro atoms. The number of Topliss-reactive ketones (excluding diaryl/α,β-unsaturated/α-hetero) is 1. The Labute approximate surface area is 216 Å². The minimum Gasteiger partial charge on any atom is -0.480 e. The van der Waals surface area contributed by atoms with Crippen molar-refractivity contribution in [3.05, 3.63) is 35.9 Å². The SMILES string of the molecule is CC1(C(=O)N[C@H](CC2CCCCC2)C(=O)NC(COCc2ccccc2)C(=O)C(=O)NCC(=O)O)CC1. The van der Waals surface area contributed by atoms with Gasteiger partial charge in [-0.2, -0.15) is 0 Å². The third-order valence-corrected chi connectivity index (χ3v) is 7.12. The van der Waals surface area contributed by atoms with Crippen LogP contribution in [-0.2, 0) is 35.3 Å². The van der Waals surface area contributed by atoms with Gasteiger partial charge in [0, 0.05) is 5.41 Å². The number of hydrogen-bond acceptors (Lipinski definition) is 6. The normalized spacial score (nSPS) is 18.2. The van der Waals surface area contributed by atoms with E-state index in [4.69, 9.17) is 9.84 Å². The number of nitrogens with one attached hydrogen (secondary N) is 3. The smallest absolute Gasteiger partial charge is 0.322 e. The number of amides is 3. The van der Waals surface area contributed by atoms with Gasteiger partial charge in [0.1, 0.15) is 18.6 Å². The van der Waals surface area contributed by atoms with E-state index in [2.05, 4.69) is 10.6 Å². The van der Waals surface area contributed by atoms with Crippen LogP contribution < -0.4 is 16.0 Å². The first-order chi connectivity index (χ1) is 17.7. The summed E-state index contributed by atoms with van der Waals surface area (Å²) in [4.78, 5) is 62.1. The van der Waals surface area contributed by atoms with Gasteiger partial charge in [-0.15, -0.1) is 0 Å². The fraction of sp³-hybridized carbons (Fsp3) is 0.593. The van der Waals surface area contributed by atoms with Gasteiger partial charge in [-0.1, -0.05) is 69.4 Å². The number of carbonyl (C=O) groups is 5. The van der Waals surface area contributed by atoms with Crippen molar-refractivity contribution in [3.8, 4) is 0 Å². The van der Waals surface area contributed by atoms with Gasteiger partial charge in [0.25, 0.3) is 5.91 Å². The Morgan fingerprint density at radius 1 is 1.00 bits per heavy atom. The Morgan fingerprint density at radius 3 is 2.30 bits per heavy atom. The Balaban J connectivity index is 1.69. The molecule has 0 aliphatic heterocycles. The molecule has 4 N–H and O–H groups in total. The quantitative estimate of drug-likeness (QED) is 0.275. The van der Waals surface area contributed by atoms with Crippen LogP contribution >= 0.6 is 0 Å². The van der Waals surface area contributed by atoms with Crippen molar-refractivity contribution < 1.29 is 33.8 Å². The number of ether oxygens (including phenoxy) is 1. The highest BCUT2D eigenvalue weighted by Crippen LogP contribution is 2.45. The molecule has 2 fully saturated rings. The first-order valence-corrected chi connectivity index (χ1v) is 12.9. The minimum atomic E-state index is -1.34. The Kier molecular flexibility index (Phi) is 10.2. The summed E-state index contributed by atoms with van der Waals surface area (Å²) in [5.74, 6) is -3.92. The average molecular weight is 516 g/mol. The molecule has 2 aliphatic carbocycles. The number of rotatable bonds is 14. The number of carboxylic acids is 1. The number of carboxylic acid groups (broad SMARTS) is 1. The topological polar surface area (TPSA) is 151 Å². The lowest BCUT2D eigenvalue weighted by atomic mass is 9.84. The molecule has 3 rings (SSSR count). The van der Waals surface area contributed by atoms with E-state index in [9.17, 15) is 24.0 Å². The molecule has 37 heavy (non-hydrogen) atoms. The van der Waals surface area contributed by atoms with Crippen molar-refractivity contribution in [1.29, 1.82) is 0 Å². The maximum Gasteiger partial charge on any atom is 0.322 e. The second kappa shape index (κ2) is 13.3. The minimum absolute atomic E-state index is 0.151. The second-order valence-corrected chi connectivity index (χ2v) is 10.3. The van der Waals surface area contributed by atoms with Crippen molar-refractivity contribution in [3.63, 3.8) is 0 Å². The molecule has 202 valence electrons. The lowest BCUT2D eigenvalue weighted by Gasteiger charge is -2.28. The van der Waals surface area contributed by atoms with Crippen molar-refractivity contribution in [2.75, 3.05) is 13.2 Å². The van der Waals surface area contributed by atoms with Gasteiger partial charge in [-0.05, 0) is 30.7 Å². The number of aliphatic carboxylic acids is 1. The van der Waals surface area contributed by atoms with Crippen LogP contribution in [0.15, 0.2) is 30.3 Å². The van der Waals surface area contributed by atoms with Gasteiger partial charge in [-0.25, -0.2) is 0 Å². The van der Waals surface area contributed by atoms with E-state index in [0.717, 1.165) is 50.5 Å². The number of carbonyl (C=O) groups excluding carboxylic acids is 4. The highest BCUT2D eigenvalue weighted by atomic mass is 16.5. The third-order valence-electron chi connectivity index (χ3n) is 7.12. The van der Waals surface area contributed by atoms with E-state index in [-0.39, 0.29) is 25.0 Å². The molecule has 1 aromatic carbocycles. The van der Waals surface area contributed by atoms with E-state index in [1.54, 1.807) is 0 Å². The summed E-state index contributed by atoms with van der Waals surface area (Å²) in [6, 6.07) is 7.01. The molecule has 2 aliphatic rings. The van der Waals surface area contributed by atoms with Gasteiger partial charge < -0.3 is 25.8 Å². The number of benzene rings is 1. The zero-order valence-electron chi connectivity index (χ0n) is 21.3. The maximum absolute atomic E-state index is 13.4. The summed E-state index contributed by atoms with van der Waals surface area (Å²) in [5, 5.41) is 16.3. The second-order valence-electron chi connectivity index (χ2n) is 10.3. The summed E-state index contributed by atoms with van der Waals surface area (Å²) in [5.41, 5.74) is 0.367. The summed E-state index contributed by atoms with van der Waals surface area (Å²) < 4.78 is 5.64.